The minimum atomic E-state index is -0.182. The first-order chi connectivity index (χ1) is 13.2. The van der Waals surface area contributed by atoms with Gasteiger partial charge < -0.3 is 15.2 Å². The topological polar surface area (TPSA) is 66.4 Å². The zero-order valence-electron chi connectivity index (χ0n) is 14.8. The van der Waals surface area contributed by atoms with Gasteiger partial charge in [0.25, 0.3) is 5.91 Å². The van der Waals surface area contributed by atoms with Gasteiger partial charge in [0.1, 0.15) is 5.69 Å². The molecular weight excluding hydrogens is 340 g/mol. The molecule has 0 radical (unpaired) electrons. The Hall–Kier alpha value is -3.54. The maximum absolute atomic E-state index is 12.8. The van der Waals surface area contributed by atoms with Crippen LogP contribution in [0.15, 0.2) is 72.9 Å². The molecule has 3 aromatic rings. The number of benzene rings is 2. The lowest BCUT2D eigenvalue weighted by molar-refractivity contribution is 0.101. The first-order valence-electron chi connectivity index (χ1n) is 8.86. The first kappa shape index (κ1) is 16.9. The van der Waals surface area contributed by atoms with E-state index in [0.29, 0.717) is 31.0 Å². The summed E-state index contributed by atoms with van der Waals surface area (Å²) in [6.45, 7) is 1.88. The van der Waals surface area contributed by atoms with E-state index < -0.39 is 0 Å². The van der Waals surface area contributed by atoms with Gasteiger partial charge in [-0.3, -0.25) is 9.69 Å². The number of carbonyl (C=O) groups excluding carboxylic acids is 2. The molecular formula is C21H20N4O2. The van der Waals surface area contributed by atoms with E-state index in [0.717, 1.165) is 11.3 Å². The summed E-state index contributed by atoms with van der Waals surface area (Å²) in [5.74, 6) is -0.182. The van der Waals surface area contributed by atoms with Crippen molar-refractivity contribution in [2.24, 2.45) is 0 Å². The summed E-state index contributed by atoms with van der Waals surface area (Å²) in [6.07, 6.45) is 1.90. The number of nitrogens with zero attached hydrogens (tertiary/aromatic N) is 2. The van der Waals surface area contributed by atoms with Crippen LogP contribution in [0.4, 0.5) is 16.2 Å². The zero-order valence-corrected chi connectivity index (χ0v) is 14.8. The number of nitrogens with one attached hydrogen (secondary N) is 2. The van der Waals surface area contributed by atoms with Crippen molar-refractivity contribution in [3.63, 3.8) is 0 Å². The first-order valence-corrected chi connectivity index (χ1v) is 8.86. The van der Waals surface area contributed by atoms with E-state index in [9.17, 15) is 9.59 Å². The zero-order chi connectivity index (χ0) is 18.6. The highest BCUT2D eigenvalue weighted by Crippen LogP contribution is 2.21. The van der Waals surface area contributed by atoms with E-state index >= 15 is 0 Å². The molecule has 1 aliphatic heterocycles. The fourth-order valence-corrected chi connectivity index (χ4v) is 3.20. The van der Waals surface area contributed by atoms with Gasteiger partial charge in [0, 0.05) is 37.2 Å². The van der Waals surface area contributed by atoms with Crippen LogP contribution in [0.1, 0.15) is 16.1 Å². The van der Waals surface area contributed by atoms with E-state index in [-0.39, 0.29) is 11.9 Å². The molecule has 0 unspecified atom stereocenters. The number of anilines is 2. The van der Waals surface area contributed by atoms with Crippen LogP contribution in [0.2, 0.25) is 0 Å². The van der Waals surface area contributed by atoms with E-state index in [4.69, 9.17) is 0 Å². The Balaban J connectivity index is 1.50. The second-order valence-electron chi connectivity index (χ2n) is 6.39. The van der Waals surface area contributed by atoms with E-state index in [2.05, 4.69) is 10.6 Å². The molecule has 1 saturated heterocycles. The minimum absolute atomic E-state index is 0.116. The molecule has 0 bridgehead atoms. The molecule has 0 spiro atoms. The molecule has 2 heterocycles. The molecule has 2 N–H and O–H groups in total. The predicted octanol–water partition coefficient (Wildman–Crippen LogP) is 3.32. The summed E-state index contributed by atoms with van der Waals surface area (Å²) in [4.78, 5) is 26.3. The van der Waals surface area contributed by atoms with Gasteiger partial charge in [-0.1, -0.05) is 36.4 Å². The van der Waals surface area contributed by atoms with Crippen molar-refractivity contribution in [3.05, 3.63) is 84.2 Å². The molecule has 1 aromatic heterocycles. The average Bonchev–Trinajstić information content (AvgIpc) is 3.32. The van der Waals surface area contributed by atoms with Crippen LogP contribution >= 0.6 is 0 Å². The Kier molecular flexibility index (Phi) is 4.61. The molecule has 1 fully saturated rings. The van der Waals surface area contributed by atoms with Gasteiger partial charge in [-0.15, -0.1) is 0 Å². The molecule has 0 atom stereocenters. The molecule has 0 aliphatic carbocycles. The number of aromatic nitrogens is 1. The Bertz CT molecular complexity index is 965. The highest BCUT2D eigenvalue weighted by atomic mass is 16.2. The van der Waals surface area contributed by atoms with Crippen molar-refractivity contribution in [1.29, 1.82) is 0 Å². The van der Waals surface area contributed by atoms with Crippen molar-refractivity contribution in [2.45, 2.75) is 6.54 Å². The summed E-state index contributed by atoms with van der Waals surface area (Å²) in [7, 11) is 0. The fraction of sp³-hybridized carbons (Fsp3) is 0.143. The van der Waals surface area contributed by atoms with Crippen molar-refractivity contribution in [3.8, 4) is 0 Å². The average molecular weight is 360 g/mol. The lowest BCUT2D eigenvalue weighted by atomic mass is 10.2. The van der Waals surface area contributed by atoms with Gasteiger partial charge in [0.15, 0.2) is 0 Å². The van der Waals surface area contributed by atoms with Crippen LogP contribution < -0.4 is 15.5 Å². The monoisotopic (exact) mass is 360 g/mol. The van der Waals surface area contributed by atoms with Crippen molar-refractivity contribution < 1.29 is 9.59 Å². The third-order valence-electron chi connectivity index (χ3n) is 4.53. The summed E-state index contributed by atoms with van der Waals surface area (Å²) >= 11 is 0. The van der Waals surface area contributed by atoms with Gasteiger partial charge >= 0.3 is 6.03 Å². The number of amides is 3. The number of hydrogen-bond acceptors (Lipinski definition) is 2. The molecule has 2 aromatic carbocycles. The largest absolute Gasteiger partial charge is 0.339 e. The Morgan fingerprint density at radius 2 is 1.89 bits per heavy atom. The second kappa shape index (κ2) is 7.37. The Morgan fingerprint density at radius 1 is 1.04 bits per heavy atom. The van der Waals surface area contributed by atoms with Crippen LogP contribution in [0.25, 0.3) is 0 Å². The molecule has 0 saturated carbocycles. The highest BCUT2D eigenvalue weighted by Gasteiger charge is 2.21. The third kappa shape index (κ3) is 3.69. The van der Waals surface area contributed by atoms with Crippen LogP contribution in [0.3, 0.4) is 0 Å². The van der Waals surface area contributed by atoms with Crippen LogP contribution in [-0.2, 0) is 6.54 Å². The van der Waals surface area contributed by atoms with Gasteiger partial charge in [-0.05, 0) is 35.9 Å². The van der Waals surface area contributed by atoms with Crippen LogP contribution in [-0.4, -0.2) is 29.6 Å². The summed E-state index contributed by atoms with van der Waals surface area (Å²) in [5.41, 5.74) is 3.14. The molecule has 6 nitrogen and oxygen atoms in total. The quantitative estimate of drug-likeness (QED) is 0.733. The lowest BCUT2D eigenvalue weighted by Crippen LogP contribution is -2.27. The van der Waals surface area contributed by atoms with E-state index in [1.54, 1.807) is 11.0 Å². The number of hydrogen-bond donors (Lipinski definition) is 2. The number of rotatable bonds is 5. The molecule has 27 heavy (non-hydrogen) atoms. The summed E-state index contributed by atoms with van der Waals surface area (Å²) in [5, 5.41) is 5.71. The Morgan fingerprint density at radius 3 is 2.67 bits per heavy atom. The molecule has 3 amide bonds. The summed E-state index contributed by atoms with van der Waals surface area (Å²) < 4.78 is 1.92. The fourth-order valence-electron chi connectivity index (χ4n) is 3.20. The number of urea groups is 1. The van der Waals surface area contributed by atoms with E-state index in [1.165, 1.54) is 0 Å². The molecule has 4 rings (SSSR count). The highest BCUT2D eigenvalue weighted by molar-refractivity contribution is 6.04. The van der Waals surface area contributed by atoms with Gasteiger partial charge in [0.2, 0.25) is 0 Å². The molecule has 1 aliphatic rings. The van der Waals surface area contributed by atoms with Gasteiger partial charge in [0.05, 0.1) is 0 Å². The van der Waals surface area contributed by atoms with Crippen molar-refractivity contribution in [1.82, 2.24) is 9.88 Å². The standard InChI is InChI=1S/C21H20N4O2/c26-20(19-10-5-12-24(19)15-16-6-2-1-3-7-16)23-17-8-4-9-18(14-17)25-13-11-22-21(25)27/h1-10,12,14H,11,13,15H2,(H,22,27)(H,23,26). The van der Waals surface area contributed by atoms with E-state index in [1.807, 2.05) is 71.4 Å². The van der Waals surface area contributed by atoms with Crippen LogP contribution in [0.5, 0.6) is 0 Å². The second-order valence-corrected chi connectivity index (χ2v) is 6.39. The maximum Gasteiger partial charge on any atom is 0.321 e. The van der Waals surface area contributed by atoms with Gasteiger partial charge in [-0.25, -0.2) is 4.79 Å². The van der Waals surface area contributed by atoms with Crippen molar-refractivity contribution >= 4 is 23.3 Å². The minimum Gasteiger partial charge on any atom is -0.339 e. The Labute approximate surface area is 157 Å². The van der Waals surface area contributed by atoms with Gasteiger partial charge in [-0.2, -0.15) is 0 Å². The van der Waals surface area contributed by atoms with Crippen molar-refractivity contribution in [2.75, 3.05) is 23.3 Å². The molecule has 136 valence electrons. The summed E-state index contributed by atoms with van der Waals surface area (Å²) in [6, 6.07) is 20.9. The smallest absolute Gasteiger partial charge is 0.321 e. The maximum atomic E-state index is 12.8. The van der Waals surface area contributed by atoms with Crippen LogP contribution in [0, 0.1) is 0 Å². The third-order valence-corrected chi connectivity index (χ3v) is 4.53. The predicted molar refractivity (Wildman–Crippen MR) is 105 cm³/mol. The normalized spacial score (nSPS) is 13.5. The lowest BCUT2D eigenvalue weighted by Gasteiger charge is -2.16. The molecule has 6 heteroatoms. The number of carbonyl (C=O) groups is 2. The SMILES string of the molecule is O=C(Nc1cccc(N2CCNC2=O)c1)c1cccn1Cc1ccccc1.